The Hall–Kier alpha value is -2.69. The number of carbonyl (C=O) groups is 2. The summed E-state index contributed by atoms with van der Waals surface area (Å²) < 4.78 is 14.2. The molecule has 2 rings (SSSR count). The maximum atomic E-state index is 14.2. The standard InChI is InChI=1S/C23H29FN2O2/c1-4-17(3)25-23(28)21(15-18-11-7-6-8-12-18)26(22(27)5-2)16-19-13-9-10-14-20(19)24/h6-14,17,21H,4-5,15-16H2,1-3H3,(H,25,28)/t17-,21+/m1/s1. The molecule has 0 radical (unpaired) electrons. The summed E-state index contributed by atoms with van der Waals surface area (Å²) in [6.45, 7) is 5.74. The van der Waals surface area contributed by atoms with Crippen molar-refractivity contribution in [1.82, 2.24) is 10.2 Å². The number of amides is 2. The summed E-state index contributed by atoms with van der Waals surface area (Å²) in [7, 11) is 0. The molecule has 0 unspecified atom stereocenters. The quantitative estimate of drug-likeness (QED) is 0.708. The number of hydrogen-bond donors (Lipinski definition) is 1. The van der Waals surface area contributed by atoms with Crippen LogP contribution in [0.4, 0.5) is 4.39 Å². The zero-order valence-corrected chi connectivity index (χ0v) is 16.8. The summed E-state index contributed by atoms with van der Waals surface area (Å²) in [6, 6.07) is 15.2. The molecule has 1 N–H and O–H groups in total. The van der Waals surface area contributed by atoms with Crippen LogP contribution in [0.2, 0.25) is 0 Å². The first-order valence-corrected chi connectivity index (χ1v) is 9.83. The van der Waals surface area contributed by atoms with E-state index in [0.29, 0.717) is 12.0 Å². The van der Waals surface area contributed by atoms with Gasteiger partial charge in [-0.15, -0.1) is 0 Å². The SMILES string of the molecule is CCC(=O)N(Cc1ccccc1F)[C@@H](Cc1ccccc1)C(=O)N[C@H](C)CC. The highest BCUT2D eigenvalue weighted by Gasteiger charge is 2.30. The maximum absolute atomic E-state index is 14.2. The van der Waals surface area contributed by atoms with Gasteiger partial charge in [-0.05, 0) is 25.0 Å². The molecule has 0 spiro atoms. The average molecular weight is 384 g/mol. The Bertz CT molecular complexity index is 779. The molecule has 0 saturated carbocycles. The van der Waals surface area contributed by atoms with Crippen molar-refractivity contribution in [2.45, 2.75) is 58.7 Å². The smallest absolute Gasteiger partial charge is 0.243 e. The number of benzene rings is 2. The third-order valence-corrected chi connectivity index (χ3v) is 4.87. The van der Waals surface area contributed by atoms with Crippen LogP contribution in [0.3, 0.4) is 0 Å². The molecule has 5 heteroatoms. The van der Waals surface area contributed by atoms with E-state index in [1.54, 1.807) is 25.1 Å². The van der Waals surface area contributed by atoms with Gasteiger partial charge in [-0.1, -0.05) is 62.4 Å². The van der Waals surface area contributed by atoms with E-state index in [4.69, 9.17) is 0 Å². The molecule has 0 aliphatic heterocycles. The summed E-state index contributed by atoms with van der Waals surface area (Å²) in [5.74, 6) is -0.767. The topological polar surface area (TPSA) is 49.4 Å². The van der Waals surface area contributed by atoms with E-state index in [9.17, 15) is 14.0 Å². The summed E-state index contributed by atoms with van der Waals surface area (Å²) in [5.41, 5.74) is 1.35. The second-order valence-corrected chi connectivity index (χ2v) is 6.99. The van der Waals surface area contributed by atoms with Crippen molar-refractivity contribution >= 4 is 11.8 Å². The second-order valence-electron chi connectivity index (χ2n) is 6.99. The molecule has 150 valence electrons. The molecule has 4 nitrogen and oxygen atoms in total. The van der Waals surface area contributed by atoms with Crippen molar-refractivity contribution < 1.29 is 14.0 Å². The Balaban J connectivity index is 2.37. The van der Waals surface area contributed by atoms with Gasteiger partial charge in [0.1, 0.15) is 11.9 Å². The van der Waals surface area contributed by atoms with Crippen LogP contribution in [0, 0.1) is 5.82 Å². The summed E-state index contributed by atoms with van der Waals surface area (Å²) in [4.78, 5) is 27.3. The minimum absolute atomic E-state index is 0.00202. The van der Waals surface area contributed by atoms with Gasteiger partial charge < -0.3 is 10.2 Å². The van der Waals surface area contributed by atoms with Crippen LogP contribution in [0.5, 0.6) is 0 Å². The van der Waals surface area contributed by atoms with Crippen molar-refractivity contribution in [2.75, 3.05) is 0 Å². The van der Waals surface area contributed by atoms with Crippen LogP contribution >= 0.6 is 0 Å². The predicted octanol–water partition coefficient (Wildman–Crippen LogP) is 4.09. The number of nitrogens with one attached hydrogen (secondary N) is 1. The fraction of sp³-hybridized carbons (Fsp3) is 0.391. The Labute approximate surface area is 166 Å². The summed E-state index contributed by atoms with van der Waals surface area (Å²) in [5, 5.41) is 2.98. The second kappa shape index (κ2) is 10.6. The molecule has 0 saturated heterocycles. The van der Waals surface area contributed by atoms with Gasteiger partial charge >= 0.3 is 0 Å². The van der Waals surface area contributed by atoms with Crippen LogP contribution in [0.25, 0.3) is 0 Å². The van der Waals surface area contributed by atoms with Crippen LogP contribution in [-0.4, -0.2) is 28.8 Å². The molecule has 2 atom stereocenters. The molecule has 0 bridgehead atoms. The van der Waals surface area contributed by atoms with Crippen molar-refractivity contribution in [3.63, 3.8) is 0 Å². The molecule has 2 aromatic carbocycles. The number of hydrogen-bond acceptors (Lipinski definition) is 2. The molecule has 0 aliphatic carbocycles. The van der Waals surface area contributed by atoms with Crippen LogP contribution in [0.1, 0.15) is 44.7 Å². The predicted molar refractivity (Wildman–Crippen MR) is 109 cm³/mol. The fourth-order valence-corrected chi connectivity index (χ4v) is 3.01. The molecule has 0 aromatic heterocycles. The molecule has 0 fully saturated rings. The molecular formula is C23H29FN2O2. The van der Waals surface area contributed by atoms with E-state index in [2.05, 4.69) is 5.32 Å². The highest BCUT2D eigenvalue weighted by atomic mass is 19.1. The van der Waals surface area contributed by atoms with E-state index in [-0.39, 0.29) is 36.6 Å². The monoisotopic (exact) mass is 384 g/mol. The van der Waals surface area contributed by atoms with Gasteiger partial charge in [0.2, 0.25) is 11.8 Å². The van der Waals surface area contributed by atoms with Crippen molar-refractivity contribution in [3.05, 3.63) is 71.5 Å². The lowest BCUT2D eigenvalue weighted by Gasteiger charge is -2.32. The van der Waals surface area contributed by atoms with Gasteiger partial charge in [0.25, 0.3) is 0 Å². The minimum Gasteiger partial charge on any atom is -0.352 e. The van der Waals surface area contributed by atoms with Gasteiger partial charge in [0, 0.05) is 31.0 Å². The normalized spacial score (nSPS) is 12.9. The summed E-state index contributed by atoms with van der Waals surface area (Å²) >= 11 is 0. The lowest BCUT2D eigenvalue weighted by Crippen LogP contribution is -2.52. The third-order valence-electron chi connectivity index (χ3n) is 4.87. The lowest BCUT2D eigenvalue weighted by atomic mass is 10.0. The van der Waals surface area contributed by atoms with Gasteiger partial charge in [-0.3, -0.25) is 9.59 Å². The van der Waals surface area contributed by atoms with Crippen LogP contribution in [-0.2, 0) is 22.6 Å². The van der Waals surface area contributed by atoms with Crippen molar-refractivity contribution in [3.8, 4) is 0 Å². The molecular weight excluding hydrogens is 355 g/mol. The molecule has 28 heavy (non-hydrogen) atoms. The zero-order valence-electron chi connectivity index (χ0n) is 16.8. The maximum Gasteiger partial charge on any atom is 0.243 e. The number of nitrogens with zero attached hydrogens (tertiary/aromatic N) is 1. The van der Waals surface area contributed by atoms with E-state index in [1.165, 1.54) is 11.0 Å². The van der Waals surface area contributed by atoms with Crippen LogP contribution < -0.4 is 5.32 Å². The zero-order chi connectivity index (χ0) is 20.5. The minimum atomic E-state index is -0.705. The number of halogens is 1. The van der Waals surface area contributed by atoms with Crippen molar-refractivity contribution in [1.29, 1.82) is 0 Å². The Morgan fingerprint density at radius 2 is 1.68 bits per heavy atom. The van der Waals surface area contributed by atoms with Gasteiger partial charge in [0.05, 0.1) is 0 Å². The van der Waals surface area contributed by atoms with Crippen LogP contribution in [0.15, 0.2) is 54.6 Å². The van der Waals surface area contributed by atoms with Gasteiger partial charge in [0.15, 0.2) is 0 Å². The summed E-state index contributed by atoms with van der Waals surface area (Å²) in [6.07, 6.45) is 1.42. The Morgan fingerprint density at radius 1 is 1.04 bits per heavy atom. The largest absolute Gasteiger partial charge is 0.352 e. The van der Waals surface area contributed by atoms with E-state index < -0.39 is 6.04 Å². The first-order chi connectivity index (χ1) is 13.5. The Kier molecular flexibility index (Phi) is 8.18. The third kappa shape index (κ3) is 5.91. The highest BCUT2D eigenvalue weighted by Crippen LogP contribution is 2.17. The van der Waals surface area contributed by atoms with E-state index >= 15 is 0 Å². The van der Waals surface area contributed by atoms with Gasteiger partial charge in [-0.25, -0.2) is 4.39 Å². The fourth-order valence-electron chi connectivity index (χ4n) is 3.01. The highest BCUT2D eigenvalue weighted by molar-refractivity contribution is 5.88. The average Bonchev–Trinajstić information content (AvgIpc) is 2.71. The molecule has 2 aromatic rings. The molecule has 0 heterocycles. The first-order valence-electron chi connectivity index (χ1n) is 9.83. The number of rotatable bonds is 9. The van der Waals surface area contributed by atoms with E-state index in [1.807, 2.05) is 44.2 Å². The molecule has 0 aliphatic rings. The molecule has 2 amide bonds. The van der Waals surface area contributed by atoms with E-state index in [0.717, 1.165) is 12.0 Å². The Morgan fingerprint density at radius 3 is 2.29 bits per heavy atom. The lowest BCUT2D eigenvalue weighted by molar-refractivity contribution is -0.141. The number of carbonyl (C=O) groups excluding carboxylic acids is 2. The first kappa shape index (κ1) is 21.6. The van der Waals surface area contributed by atoms with Crippen molar-refractivity contribution in [2.24, 2.45) is 0 Å². The van der Waals surface area contributed by atoms with Gasteiger partial charge in [-0.2, -0.15) is 0 Å².